The third kappa shape index (κ3) is 3.06. The summed E-state index contributed by atoms with van der Waals surface area (Å²) in [6.45, 7) is 9.42. The molecule has 0 saturated heterocycles. The van der Waals surface area contributed by atoms with Gasteiger partial charge in [0.2, 0.25) is 0 Å². The molecule has 1 aromatic carbocycles. The van der Waals surface area contributed by atoms with Gasteiger partial charge in [0, 0.05) is 17.0 Å². The van der Waals surface area contributed by atoms with Gasteiger partial charge >= 0.3 is 5.97 Å². The molecule has 0 amide bonds. The summed E-state index contributed by atoms with van der Waals surface area (Å²) in [6.07, 6.45) is 1.62. The molecule has 4 heteroatoms. The Morgan fingerprint density at radius 1 is 1.32 bits per heavy atom. The zero-order valence-corrected chi connectivity index (χ0v) is 13.1. The summed E-state index contributed by atoms with van der Waals surface area (Å²) in [5, 5.41) is 0. The first-order chi connectivity index (χ1) is 10.5. The molecule has 1 aromatic rings. The van der Waals surface area contributed by atoms with E-state index in [-0.39, 0.29) is 12.4 Å². The van der Waals surface area contributed by atoms with Crippen LogP contribution in [0.15, 0.2) is 47.5 Å². The second-order valence-electron chi connectivity index (χ2n) is 5.14. The highest BCUT2D eigenvalue weighted by Gasteiger charge is 2.24. The summed E-state index contributed by atoms with van der Waals surface area (Å²) >= 11 is 0. The molecular weight excluding hydrogens is 278 g/mol. The van der Waals surface area contributed by atoms with Gasteiger partial charge in [0.15, 0.2) is 5.78 Å². The van der Waals surface area contributed by atoms with Crippen molar-refractivity contribution in [1.29, 1.82) is 0 Å². The lowest BCUT2D eigenvalue weighted by molar-refractivity contribution is -0.137. The van der Waals surface area contributed by atoms with Crippen molar-refractivity contribution in [1.82, 2.24) is 0 Å². The topological polar surface area (TPSA) is 55.7 Å². The number of allylic oxidation sites excluding steroid dienone is 1. The molecule has 0 N–H and O–H groups in total. The van der Waals surface area contributed by atoms with Crippen LogP contribution in [-0.4, -0.2) is 24.1 Å². The molecule has 0 radical (unpaired) electrons. The van der Waals surface area contributed by atoms with Crippen LogP contribution in [0, 0.1) is 5.92 Å². The first-order valence-electron chi connectivity index (χ1n) is 7.22. The van der Waals surface area contributed by atoms with Gasteiger partial charge in [-0.25, -0.2) is 4.79 Å². The Labute approximate surface area is 130 Å². The van der Waals surface area contributed by atoms with E-state index in [1.165, 1.54) is 0 Å². The largest absolute Gasteiger partial charge is 0.462 e. The summed E-state index contributed by atoms with van der Waals surface area (Å²) in [7, 11) is 0. The van der Waals surface area contributed by atoms with Crippen LogP contribution < -0.4 is 0 Å². The number of rotatable bonds is 2. The van der Waals surface area contributed by atoms with Crippen LogP contribution in [0.2, 0.25) is 0 Å². The highest BCUT2D eigenvalue weighted by molar-refractivity contribution is 6.21. The van der Waals surface area contributed by atoms with Gasteiger partial charge in [0.1, 0.15) is 0 Å². The molecule has 0 bridgehead atoms. The molecule has 1 aliphatic rings. The number of fused-ring (bicyclic) bond motifs is 1. The van der Waals surface area contributed by atoms with Crippen molar-refractivity contribution in [2.45, 2.75) is 20.8 Å². The second kappa shape index (κ2) is 6.52. The lowest BCUT2D eigenvalue weighted by Gasteiger charge is -2.10. The molecule has 0 aliphatic carbocycles. The van der Waals surface area contributed by atoms with Gasteiger partial charge in [-0.05, 0) is 13.8 Å². The van der Waals surface area contributed by atoms with Gasteiger partial charge < -0.3 is 4.74 Å². The minimum atomic E-state index is -0.470. The van der Waals surface area contributed by atoms with Gasteiger partial charge in [-0.3, -0.25) is 9.79 Å². The minimum absolute atomic E-state index is 0.0663. The van der Waals surface area contributed by atoms with Crippen LogP contribution in [0.5, 0.6) is 0 Å². The maximum absolute atomic E-state index is 12.6. The third-order valence-electron chi connectivity index (χ3n) is 3.52. The van der Waals surface area contributed by atoms with Crippen molar-refractivity contribution in [2.24, 2.45) is 10.9 Å². The number of aliphatic imine (C=N–C) groups is 1. The average Bonchev–Trinajstić information content (AvgIpc) is 2.53. The van der Waals surface area contributed by atoms with Crippen molar-refractivity contribution in [3.63, 3.8) is 0 Å². The van der Waals surface area contributed by atoms with Crippen LogP contribution in [0.1, 0.15) is 36.7 Å². The zero-order valence-electron chi connectivity index (χ0n) is 13.1. The van der Waals surface area contributed by atoms with Crippen LogP contribution in [-0.2, 0) is 9.53 Å². The number of nitrogens with zero attached hydrogens (tertiary/aromatic N) is 1. The highest BCUT2D eigenvalue weighted by Crippen LogP contribution is 2.25. The summed E-state index contributed by atoms with van der Waals surface area (Å²) in [5.74, 6) is -0.984. The molecule has 0 saturated carbocycles. The van der Waals surface area contributed by atoms with Crippen molar-refractivity contribution in [2.75, 3.05) is 6.61 Å². The van der Waals surface area contributed by atoms with E-state index >= 15 is 0 Å². The lowest BCUT2D eigenvalue weighted by Crippen LogP contribution is -2.17. The third-order valence-corrected chi connectivity index (χ3v) is 3.52. The Morgan fingerprint density at radius 3 is 2.59 bits per heavy atom. The van der Waals surface area contributed by atoms with E-state index in [1.807, 2.05) is 12.1 Å². The molecule has 0 aromatic heterocycles. The number of carbonyl (C=O) groups is 2. The van der Waals surface area contributed by atoms with E-state index in [4.69, 9.17) is 4.74 Å². The summed E-state index contributed by atoms with van der Waals surface area (Å²) in [5.41, 5.74) is 2.54. The van der Waals surface area contributed by atoms with Gasteiger partial charge in [0.05, 0.1) is 23.6 Å². The Kier molecular flexibility index (Phi) is 4.71. The molecule has 0 fully saturated rings. The predicted octanol–water partition coefficient (Wildman–Crippen LogP) is 3.44. The fourth-order valence-electron chi connectivity index (χ4n) is 2.39. The molecule has 1 heterocycles. The first-order valence-corrected chi connectivity index (χ1v) is 7.22. The SMILES string of the molecule is C=C1N=C(C)/C(C(=O)OCC)=C\C(C)C(=O)c2ccccc21. The smallest absolute Gasteiger partial charge is 0.339 e. The zero-order chi connectivity index (χ0) is 16.3. The number of carbonyl (C=O) groups excluding carboxylic acids is 2. The number of hydrogen-bond donors (Lipinski definition) is 0. The summed E-state index contributed by atoms with van der Waals surface area (Å²) in [6, 6.07) is 7.22. The number of Topliss-reactive ketones (excluding diaryl/α,β-unsaturated/α-hetero) is 1. The maximum atomic E-state index is 12.6. The molecule has 1 unspecified atom stereocenters. The Morgan fingerprint density at radius 2 is 1.95 bits per heavy atom. The van der Waals surface area contributed by atoms with Crippen molar-refractivity contribution >= 4 is 23.2 Å². The molecule has 114 valence electrons. The number of hydrogen-bond acceptors (Lipinski definition) is 4. The van der Waals surface area contributed by atoms with Crippen LogP contribution in [0.4, 0.5) is 0 Å². The number of ether oxygens (including phenoxy) is 1. The van der Waals surface area contributed by atoms with Gasteiger partial charge in [-0.15, -0.1) is 0 Å². The van der Waals surface area contributed by atoms with E-state index in [2.05, 4.69) is 11.6 Å². The fraction of sp³-hybridized carbons (Fsp3) is 0.278. The van der Waals surface area contributed by atoms with Gasteiger partial charge in [0.25, 0.3) is 0 Å². The van der Waals surface area contributed by atoms with Gasteiger partial charge in [-0.1, -0.05) is 43.8 Å². The molecular formula is C18H19NO3. The molecule has 1 aliphatic heterocycles. The van der Waals surface area contributed by atoms with Crippen LogP contribution in [0.3, 0.4) is 0 Å². The van der Waals surface area contributed by atoms with Crippen molar-refractivity contribution in [3.05, 3.63) is 53.6 Å². The molecule has 4 nitrogen and oxygen atoms in total. The molecule has 22 heavy (non-hydrogen) atoms. The second-order valence-corrected chi connectivity index (χ2v) is 5.14. The summed E-state index contributed by atoms with van der Waals surface area (Å²) in [4.78, 5) is 29.1. The fourth-order valence-corrected chi connectivity index (χ4v) is 2.39. The van der Waals surface area contributed by atoms with E-state index in [0.29, 0.717) is 28.1 Å². The highest BCUT2D eigenvalue weighted by atomic mass is 16.5. The number of benzene rings is 1. The normalized spacial score (nSPS) is 20.8. The standard InChI is InChI=1S/C18H19NO3/c1-5-22-18(21)16-10-11(2)17(20)15-9-7-6-8-14(15)12(3)19-13(16)4/h6-11H,3,5H2,1-2,4H3/b16-10+,19-13?. The van der Waals surface area contributed by atoms with E-state index in [9.17, 15) is 9.59 Å². The Hall–Kier alpha value is -2.49. The van der Waals surface area contributed by atoms with Gasteiger partial charge in [-0.2, -0.15) is 0 Å². The van der Waals surface area contributed by atoms with E-state index in [0.717, 1.165) is 0 Å². The van der Waals surface area contributed by atoms with Crippen molar-refractivity contribution < 1.29 is 14.3 Å². The van der Waals surface area contributed by atoms with E-state index in [1.54, 1.807) is 39.0 Å². The van der Waals surface area contributed by atoms with Crippen LogP contribution >= 0.6 is 0 Å². The maximum Gasteiger partial charge on any atom is 0.339 e. The molecule has 1 atom stereocenters. The van der Waals surface area contributed by atoms with Crippen molar-refractivity contribution in [3.8, 4) is 0 Å². The lowest BCUT2D eigenvalue weighted by atomic mass is 9.93. The first kappa shape index (κ1) is 15.9. The average molecular weight is 297 g/mol. The monoisotopic (exact) mass is 297 g/mol. The Bertz CT molecular complexity index is 698. The quantitative estimate of drug-likeness (QED) is 0.786. The number of esters is 1. The van der Waals surface area contributed by atoms with E-state index < -0.39 is 11.9 Å². The van der Waals surface area contributed by atoms with Crippen LogP contribution in [0.25, 0.3) is 5.70 Å². The minimum Gasteiger partial charge on any atom is -0.462 e. The Balaban J connectivity index is 2.59. The predicted molar refractivity (Wildman–Crippen MR) is 86.8 cm³/mol. The number of ketones is 1. The molecule has 0 spiro atoms. The summed E-state index contributed by atoms with van der Waals surface area (Å²) < 4.78 is 5.06. The molecule has 2 rings (SSSR count).